The number of hydrogen-bond acceptors (Lipinski definition) is 5. The van der Waals surface area contributed by atoms with E-state index in [1.165, 1.54) is 11.1 Å². The molecule has 1 aromatic rings. The lowest BCUT2D eigenvalue weighted by molar-refractivity contribution is 0.0671. The first-order valence-electron chi connectivity index (χ1n) is 10.5. The fraction of sp³-hybridized carbons (Fsp3) is 0.682. The number of ether oxygens (including phenoxy) is 3. The lowest BCUT2D eigenvalue weighted by Gasteiger charge is -2.34. The van der Waals surface area contributed by atoms with Crippen molar-refractivity contribution in [1.29, 1.82) is 0 Å². The van der Waals surface area contributed by atoms with Crippen LogP contribution in [0.1, 0.15) is 50.7 Å². The molecule has 0 radical (unpaired) electrons. The van der Waals surface area contributed by atoms with Crippen LogP contribution in [0.2, 0.25) is 0 Å². The molecule has 28 heavy (non-hydrogen) atoms. The molecule has 2 heterocycles. The highest BCUT2D eigenvalue weighted by Crippen LogP contribution is 2.61. The molecule has 1 fully saturated rings. The molecule has 6 nitrogen and oxygen atoms in total. The zero-order chi connectivity index (χ0) is 19.9. The van der Waals surface area contributed by atoms with Crippen LogP contribution in [0, 0.1) is 5.92 Å². The van der Waals surface area contributed by atoms with Crippen LogP contribution in [0.25, 0.3) is 0 Å². The van der Waals surface area contributed by atoms with Gasteiger partial charge in [0.25, 0.3) is 0 Å². The number of amides is 1. The Kier molecular flexibility index (Phi) is 5.17. The van der Waals surface area contributed by atoms with Gasteiger partial charge in [0.05, 0.1) is 7.11 Å². The summed E-state index contributed by atoms with van der Waals surface area (Å²) in [6, 6.07) is 4.19. The molecule has 2 aliphatic heterocycles. The minimum atomic E-state index is -0.307. The van der Waals surface area contributed by atoms with Gasteiger partial charge in [0.1, 0.15) is 12.2 Å². The van der Waals surface area contributed by atoms with Gasteiger partial charge in [-0.25, -0.2) is 4.79 Å². The van der Waals surface area contributed by atoms with Gasteiger partial charge in [-0.3, -0.25) is 0 Å². The second kappa shape index (κ2) is 7.47. The summed E-state index contributed by atoms with van der Waals surface area (Å²) in [4.78, 5) is 14.6. The first-order valence-corrected chi connectivity index (χ1v) is 10.5. The third-order valence-electron chi connectivity index (χ3n) is 6.95. The highest BCUT2D eigenvalue weighted by Gasteiger charge is 2.62. The molecule has 1 spiro atoms. The van der Waals surface area contributed by atoms with Crippen molar-refractivity contribution in [2.45, 2.75) is 63.7 Å². The van der Waals surface area contributed by atoms with Crippen molar-refractivity contribution in [1.82, 2.24) is 10.2 Å². The Morgan fingerprint density at radius 1 is 1.43 bits per heavy atom. The van der Waals surface area contributed by atoms with Gasteiger partial charge in [0, 0.05) is 36.4 Å². The number of carbonyl (C=O) groups is 1. The summed E-state index contributed by atoms with van der Waals surface area (Å²) in [6.07, 6.45) is 3.32. The molecule has 154 valence electrons. The van der Waals surface area contributed by atoms with Crippen molar-refractivity contribution in [3.63, 3.8) is 0 Å². The van der Waals surface area contributed by atoms with Gasteiger partial charge >= 0.3 is 6.09 Å². The second-order valence-corrected chi connectivity index (χ2v) is 8.51. The van der Waals surface area contributed by atoms with Crippen LogP contribution in [-0.2, 0) is 16.7 Å². The smallest absolute Gasteiger partial charge is 0.407 e. The average Bonchev–Trinajstić information content (AvgIpc) is 3.06. The molecule has 1 aliphatic carbocycles. The van der Waals surface area contributed by atoms with Crippen LogP contribution in [-0.4, -0.2) is 50.4 Å². The van der Waals surface area contributed by atoms with Crippen molar-refractivity contribution in [3.8, 4) is 11.5 Å². The van der Waals surface area contributed by atoms with Gasteiger partial charge in [-0.1, -0.05) is 26.3 Å². The van der Waals surface area contributed by atoms with Crippen molar-refractivity contribution in [2.24, 2.45) is 5.92 Å². The second-order valence-electron chi connectivity index (χ2n) is 8.51. The molecule has 1 saturated carbocycles. The molecule has 1 N–H and O–H groups in total. The predicted octanol–water partition coefficient (Wildman–Crippen LogP) is 3.46. The molecule has 1 aromatic carbocycles. The van der Waals surface area contributed by atoms with Crippen LogP contribution >= 0.6 is 0 Å². The summed E-state index contributed by atoms with van der Waals surface area (Å²) in [5, 5.41) is 2.88. The van der Waals surface area contributed by atoms with Crippen LogP contribution in [0.5, 0.6) is 11.5 Å². The van der Waals surface area contributed by atoms with Gasteiger partial charge < -0.3 is 24.4 Å². The lowest BCUT2D eigenvalue weighted by atomic mass is 9.69. The largest absolute Gasteiger partial charge is 0.493 e. The molecular formula is C22H32N2O4. The fourth-order valence-electron chi connectivity index (χ4n) is 5.41. The molecule has 6 heteroatoms. The Hall–Kier alpha value is -1.95. The molecule has 0 saturated heterocycles. The minimum Gasteiger partial charge on any atom is -0.493 e. The fourth-order valence-corrected chi connectivity index (χ4v) is 5.41. The molecule has 0 bridgehead atoms. The Morgan fingerprint density at radius 3 is 3.00 bits per heavy atom. The third-order valence-corrected chi connectivity index (χ3v) is 6.95. The van der Waals surface area contributed by atoms with E-state index in [1.54, 1.807) is 7.11 Å². The number of benzene rings is 1. The molecule has 0 aromatic heterocycles. The first kappa shape index (κ1) is 19.4. The number of alkyl carbamates (subject to hydrolysis) is 1. The molecule has 1 amide bonds. The summed E-state index contributed by atoms with van der Waals surface area (Å²) in [7, 11) is 3.86. The van der Waals surface area contributed by atoms with E-state index in [0.29, 0.717) is 6.54 Å². The van der Waals surface area contributed by atoms with Crippen LogP contribution in [0.15, 0.2) is 12.1 Å². The number of unbranched alkanes of at least 4 members (excludes halogenated alkanes) is 1. The standard InChI is InChI=1S/C22H32N2O4/c1-5-6-10-23-21(25)27-17-12-18-22(14(17)2)9-11-24(3)13-15-7-8-16(26-4)20(28-18)19(15)22/h7-8,14,17-18H,5-6,9-13H2,1-4H3,(H,23,25)/t14?,17-,18-,22+/m0/s1. The topological polar surface area (TPSA) is 60.0 Å². The van der Waals surface area contributed by atoms with Crippen molar-refractivity contribution < 1.29 is 19.0 Å². The molecule has 3 aliphatic rings. The number of rotatable bonds is 5. The summed E-state index contributed by atoms with van der Waals surface area (Å²) in [5.41, 5.74) is 2.46. The van der Waals surface area contributed by atoms with E-state index in [1.807, 2.05) is 6.07 Å². The Morgan fingerprint density at radius 2 is 2.25 bits per heavy atom. The van der Waals surface area contributed by atoms with E-state index in [-0.39, 0.29) is 29.6 Å². The Bertz CT molecular complexity index is 752. The average molecular weight is 389 g/mol. The van der Waals surface area contributed by atoms with E-state index in [0.717, 1.165) is 50.3 Å². The zero-order valence-electron chi connectivity index (χ0n) is 17.4. The summed E-state index contributed by atoms with van der Waals surface area (Å²) in [6.45, 7) is 6.89. The highest BCUT2D eigenvalue weighted by atomic mass is 16.6. The maximum absolute atomic E-state index is 12.3. The summed E-state index contributed by atoms with van der Waals surface area (Å²) < 4.78 is 18.0. The molecule has 4 atom stereocenters. The minimum absolute atomic E-state index is 0.0208. The van der Waals surface area contributed by atoms with Gasteiger partial charge in [0.15, 0.2) is 11.5 Å². The number of hydrogen-bond donors (Lipinski definition) is 1. The predicted molar refractivity (Wildman–Crippen MR) is 107 cm³/mol. The van der Waals surface area contributed by atoms with Gasteiger partial charge in [-0.15, -0.1) is 0 Å². The first-order chi connectivity index (χ1) is 13.5. The number of carbonyl (C=O) groups excluding carboxylic acids is 1. The Labute approximate surface area is 167 Å². The summed E-state index contributed by atoms with van der Waals surface area (Å²) in [5.74, 6) is 1.89. The number of nitrogens with one attached hydrogen (secondary N) is 1. The van der Waals surface area contributed by atoms with E-state index in [9.17, 15) is 4.79 Å². The van der Waals surface area contributed by atoms with Crippen LogP contribution in [0.3, 0.4) is 0 Å². The normalized spacial score (nSPS) is 30.8. The van der Waals surface area contributed by atoms with E-state index < -0.39 is 0 Å². The maximum Gasteiger partial charge on any atom is 0.407 e. The van der Waals surface area contributed by atoms with Crippen LogP contribution in [0.4, 0.5) is 4.79 Å². The monoisotopic (exact) mass is 388 g/mol. The van der Waals surface area contributed by atoms with E-state index in [4.69, 9.17) is 14.2 Å². The van der Waals surface area contributed by atoms with Gasteiger partial charge in [-0.2, -0.15) is 0 Å². The van der Waals surface area contributed by atoms with E-state index in [2.05, 4.69) is 37.2 Å². The number of methoxy groups -OCH3 is 1. The van der Waals surface area contributed by atoms with Crippen molar-refractivity contribution in [3.05, 3.63) is 23.3 Å². The maximum atomic E-state index is 12.3. The number of nitrogens with zero attached hydrogens (tertiary/aromatic N) is 1. The van der Waals surface area contributed by atoms with Crippen molar-refractivity contribution >= 4 is 6.09 Å². The van der Waals surface area contributed by atoms with Crippen molar-refractivity contribution in [2.75, 3.05) is 27.2 Å². The SMILES string of the molecule is CCCCNC(=O)O[C@H]1C[C@@H]2Oc3c(OC)ccc4c3[C@]2(CCN(C)C4)C1C. The Balaban J connectivity index is 1.64. The quantitative estimate of drug-likeness (QED) is 0.783. The van der Waals surface area contributed by atoms with Gasteiger partial charge in [0.2, 0.25) is 0 Å². The van der Waals surface area contributed by atoms with Crippen LogP contribution < -0.4 is 14.8 Å². The summed E-state index contributed by atoms with van der Waals surface area (Å²) >= 11 is 0. The third kappa shape index (κ3) is 2.93. The molecule has 4 rings (SSSR count). The van der Waals surface area contributed by atoms with Gasteiger partial charge in [-0.05, 0) is 38.1 Å². The van der Waals surface area contributed by atoms with E-state index >= 15 is 0 Å². The molecular weight excluding hydrogens is 356 g/mol. The zero-order valence-corrected chi connectivity index (χ0v) is 17.4. The lowest BCUT2D eigenvalue weighted by Crippen LogP contribution is -2.41. The highest BCUT2D eigenvalue weighted by molar-refractivity contribution is 5.67. The molecule has 1 unspecified atom stereocenters.